The molecule has 0 atom stereocenters. The van der Waals surface area contributed by atoms with Crippen LogP contribution in [0.1, 0.15) is 24.3 Å². The molecule has 0 unspecified atom stereocenters. The van der Waals surface area contributed by atoms with Crippen LogP contribution in [0, 0.1) is 0 Å². The molecule has 1 N–H and O–H groups in total. The maximum absolute atomic E-state index is 6.22. The summed E-state index contributed by atoms with van der Waals surface area (Å²) in [4.78, 5) is 2.43. The van der Waals surface area contributed by atoms with Crippen molar-refractivity contribution in [3.63, 3.8) is 0 Å². The summed E-state index contributed by atoms with van der Waals surface area (Å²) in [5, 5.41) is 8.43. The largest absolute Gasteiger partial charge is 0.468 e. The third-order valence-electron chi connectivity index (χ3n) is 4.82. The maximum atomic E-state index is 6.22. The van der Waals surface area contributed by atoms with Crippen LogP contribution in [0.2, 0.25) is 5.02 Å². The van der Waals surface area contributed by atoms with Gasteiger partial charge in [-0.05, 0) is 37.1 Å². The van der Waals surface area contributed by atoms with E-state index in [4.69, 9.17) is 20.5 Å². The van der Waals surface area contributed by atoms with Crippen molar-refractivity contribution in [3.8, 4) is 11.3 Å². The fourth-order valence-corrected chi connectivity index (χ4v) is 3.58. The molecule has 6 heteroatoms. The average molecular weight is 372 g/mol. The van der Waals surface area contributed by atoms with Gasteiger partial charge in [-0.25, -0.2) is 0 Å². The molecule has 1 fully saturated rings. The lowest BCUT2D eigenvalue weighted by atomic mass is 10.0. The van der Waals surface area contributed by atoms with Crippen molar-refractivity contribution >= 4 is 11.6 Å². The Kier molecular flexibility index (Phi) is 5.39. The molecule has 3 aromatic rings. The molecule has 0 aliphatic carbocycles. The van der Waals surface area contributed by atoms with E-state index in [9.17, 15) is 0 Å². The summed E-state index contributed by atoms with van der Waals surface area (Å²) in [6.07, 6.45) is 3.98. The Balaban J connectivity index is 1.26. The fraction of sp³-hybridized carbons (Fsp3) is 0.350. The van der Waals surface area contributed by atoms with Gasteiger partial charge < -0.3 is 14.3 Å². The van der Waals surface area contributed by atoms with Gasteiger partial charge in [-0.3, -0.25) is 4.90 Å². The summed E-state index contributed by atoms with van der Waals surface area (Å²) < 4.78 is 10.9. The zero-order valence-electron chi connectivity index (χ0n) is 14.5. The van der Waals surface area contributed by atoms with E-state index >= 15 is 0 Å². The number of benzene rings is 1. The molecule has 4 rings (SSSR count). The van der Waals surface area contributed by atoms with Crippen LogP contribution in [0.5, 0.6) is 0 Å². The molecule has 1 aromatic carbocycles. The van der Waals surface area contributed by atoms with Gasteiger partial charge in [0.25, 0.3) is 0 Å². The number of furan rings is 1. The highest BCUT2D eigenvalue weighted by molar-refractivity contribution is 6.33. The summed E-state index contributed by atoms with van der Waals surface area (Å²) in [5.41, 5.74) is 1.78. The van der Waals surface area contributed by atoms with Gasteiger partial charge in [0.1, 0.15) is 5.76 Å². The zero-order chi connectivity index (χ0) is 17.8. The van der Waals surface area contributed by atoms with Gasteiger partial charge >= 0.3 is 0 Å². The van der Waals surface area contributed by atoms with Gasteiger partial charge in [-0.15, -0.1) is 0 Å². The monoisotopic (exact) mass is 371 g/mol. The van der Waals surface area contributed by atoms with E-state index in [-0.39, 0.29) is 0 Å². The lowest BCUT2D eigenvalue weighted by molar-refractivity contribution is 0.178. The van der Waals surface area contributed by atoms with Gasteiger partial charge in [0.05, 0.1) is 23.5 Å². The summed E-state index contributed by atoms with van der Waals surface area (Å²) >= 11 is 6.22. The van der Waals surface area contributed by atoms with E-state index in [2.05, 4.69) is 15.4 Å². The fourth-order valence-electron chi connectivity index (χ4n) is 3.35. The van der Waals surface area contributed by atoms with Crippen LogP contribution in [-0.2, 0) is 13.1 Å². The van der Waals surface area contributed by atoms with Gasteiger partial charge in [-0.2, -0.15) is 0 Å². The van der Waals surface area contributed by atoms with E-state index in [0.717, 1.165) is 49.5 Å². The Morgan fingerprint density at radius 3 is 2.77 bits per heavy atom. The number of halogens is 1. The lowest BCUT2D eigenvalue weighted by Crippen LogP contribution is -2.41. The van der Waals surface area contributed by atoms with Crippen LogP contribution >= 0.6 is 11.6 Å². The first-order valence-corrected chi connectivity index (χ1v) is 9.34. The molecule has 1 aliphatic rings. The van der Waals surface area contributed by atoms with E-state index < -0.39 is 0 Å². The Morgan fingerprint density at radius 2 is 2.00 bits per heavy atom. The van der Waals surface area contributed by atoms with Crippen LogP contribution in [-0.4, -0.2) is 29.2 Å². The summed E-state index contributed by atoms with van der Waals surface area (Å²) in [7, 11) is 0. The smallest absolute Gasteiger partial charge is 0.168 e. The summed E-state index contributed by atoms with van der Waals surface area (Å²) in [6, 6.07) is 14.1. The van der Waals surface area contributed by atoms with Gasteiger partial charge in [-0.1, -0.05) is 28.9 Å². The Labute approximate surface area is 157 Å². The molecule has 0 bridgehead atoms. The second-order valence-corrected chi connectivity index (χ2v) is 7.08. The molecule has 26 heavy (non-hydrogen) atoms. The standard InChI is InChI=1S/C20H22ClN3O2/c21-19-6-2-1-5-18(19)20-12-16(23-26-20)13-22-15-7-9-24(10-8-15)14-17-4-3-11-25-17/h1-6,11-12,15,22H,7-10,13-14H2. The molecule has 2 aromatic heterocycles. The number of likely N-dealkylation sites (tertiary alicyclic amines) is 1. The molecule has 0 spiro atoms. The number of hydrogen-bond acceptors (Lipinski definition) is 5. The quantitative estimate of drug-likeness (QED) is 0.698. The minimum absolute atomic E-state index is 0.503. The molecule has 0 amide bonds. The lowest BCUT2D eigenvalue weighted by Gasteiger charge is -2.31. The van der Waals surface area contributed by atoms with Crippen molar-refractivity contribution in [2.45, 2.75) is 32.0 Å². The van der Waals surface area contributed by atoms with Crippen molar-refractivity contribution in [2.75, 3.05) is 13.1 Å². The highest BCUT2D eigenvalue weighted by atomic mass is 35.5. The minimum Gasteiger partial charge on any atom is -0.468 e. The second-order valence-electron chi connectivity index (χ2n) is 6.67. The third kappa shape index (κ3) is 4.18. The first-order valence-electron chi connectivity index (χ1n) is 8.96. The molecule has 3 heterocycles. The first kappa shape index (κ1) is 17.3. The van der Waals surface area contributed by atoms with Gasteiger partial charge in [0, 0.05) is 37.3 Å². The highest BCUT2D eigenvalue weighted by Crippen LogP contribution is 2.28. The van der Waals surface area contributed by atoms with Crippen LogP contribution in [0.25, 0.3) is 11.3 Å². The second kappa shape index (κ2) is 8.08. The topological polar surface area (TPSA) is 54.4 Å². The normalized spacial score (nSPS) is 16.2. The third-order valence-corrected chi connectivity index (χ3v) is 5.15. The average Bonchev–Trinajstić information content (AvgIpc) is 3.34. The number of nitrogens with zero attached hydrogens (tertiary/aromatic N) is 2. The molecule has 136 valence electrons. The van der Waals surface area contributed by atoms with E-state index in [1.807, 2.05) is 42.5 Å². The molecule has 1 aliphatic heterocycles. The van der Waals surface area contributed by atoms with Crippen molar-refractivity contribution in [2.24, 2.45) is 0 Å². The van der Waals surface area contributed by atoms with Crippen LogP contribution < -0.4 is 5.32 Å². The number of rotatable bonds is 6. The summed E-state index contributed by atoms with van der Waals surface area (Å²) in [6.45, 7) is 3.74. The molecule has 5 nitrogen and oxygen atoms in total. The number of nitrogens with one attached hydrogen (secondary N) is 1. The predicted octanol–water partition coefficient (Wildman–Crippen LogP) is 4.34. The van der Waals surface area contributed by atoms with E-state index in [0.29, 0.717) is 23.4 Å². The van der Waals surface area contributed by atoms with E-state index in [1.54, 1.807) is 6.26 Å². The van der Waals surface area contributed by atoms with Crippen molar-refractivity contribution in [1.29, 1.82) is 0 Å². The molecule has 0 saturated carbocycles. The predicted molar refractivity (Wildman–Crippen MR) is 101 cm³/mol. The van der Waals surface area contributed by atoms with Crippen LogP contribution in [0.4, 0.5) is 0 Å². The van der Waals surface area contributed by atoms with Crippen LogP contribution in [0.15, 0.2) is 57.7 Å². The molecule has 0 radical (unpaired) electrons. The number of aromatic nitrogens is 1. The Morgan fingerprint density at radius 1 is 1.15 bits per heavy atom. The number of piperidine rings is 1. The molecular formula is C20H22ClN3O2. The van der Waals surface area contributed by atoms with Crippen molar-refractivity contribution < 1.29 is 8.94 Å². The number of hydrogen-bond donors (Lipinski definition) is 1. The van der Waals surface area contributed by atoms with Gasteiger partial charge in [0.2, 0.25) is 0 Å². The van der Waals surface area contributed by atoms with Gasteiger partial charge in [0.15, 0.2) is 5.76 Å². The minimum atomic E-state index is 0.503. The maximum Gasteiger partial charge on any atom is 0.168 e. The first-order chi connectivity index (χ1) is 12.8. The van der Waals surface area contributed by atoms with E-state index in [1.165, 1.54) is 0 Å². The van der Waals surface area contributed by atoms with Crippen molar-refractivity contribution in [3.05, 3.63) is 65.2 Å². The van der Waals surface area contributed by atoms with Crippen LogP contribution in [0.3, 0.4) is 0 Å². The van der Waals surface area contributed by atoms with Crippen molar-refractivity contribution in [1.82, 2.24) is 15.4 Å². The molecule has 1 saturated heterocycles. The SMILES string of the molecule is Clc1ccccc1-c1cc(CNC2CCN(Cc3ccco3)CC2)no1. The zero-order valence-corrected chi connectivity index (χ0v) is 15.3. The highest BCUT2D eigenvalue weighted by Gasteiger charge is 2.20. The summed E-state index contributed by atoms with van der Waals surface area (Å²) in [5.74, 6) is 1.74. The Bertz CT molecular complexity index is 823. The molecular weight excluding hydrogens is 350 g/mol. The Hall–Kier alpha value is -2.08.